The number of rotatable bonds is 6. The fourth-order valence-corrected chi connectivity index (χ4v) is 3.89. The molecular formula is C21H18FN3O3S. The van der Waals surface area contributed by atoms with Gasteiger partial charge in [0.1, 0.15) is 22.8 Å². The molecule has 2 heterocycles. The number of benzene rings is 2. The Morgan fingerprint density at radius 1 is 1.28 bits per heavy atom. The van der Waals surface area contributed by atoms with Gasteiger partial charge in [0.15, 0.2) is 10.7 Å². The van der Waals surface area contributed by atoms with Crippen LogP contribution in [0.3, 0.4) is 0 Å². The molecule has 1 aromatic heterocycles. The molecule has 6 nitrogen and oxygen atoms in total. The van der Waals surface area contributed by atoms with E-state index in [-0.39, 0.29) is 16.7 Å². The third-order valence-electron chi connectivity index (χ3n) is 4.86. The van der Waals surface area contributed by atoms with Gasteiger partial charge in [0.2, 0.25) is 0 Å². The van der Waals surface area contributed by atoms with Crippen LogP contribution in [0.5, 0.6) is 0 Å². The first-order valence-corrected chi connectivity index (χ1v) is 10.4. The molecule has 148 valence electrons. The second-order valence-corrected chi connectivity index (χ2v) is 8.01. The second kappa shape index (κ2) is 8.15. The SMILES string of the molecule is N#CCCc1ccc([S+]([O-])NC(=O)c2cc3c(F)cc(N4CCC4)cc3o2)cc1. The molecule has 1 fully saturated rings. The van der Waals surface area contributed by atoms with Crippen LogP contribution < -0.4 is 9.62 Å². The van der Waals surface area contributed by atoms with Gasteiger partial charge in [-0.05, 0) is 36.6 Å². The third-order valence-corrected chi connectivity index (χ3v) is 5.94. The number of nitrogens with one attached hydrogen (secondary N) is 1. The largest absolute Gasteiger partial charge is 0.588 e. The Labute approximate surface area is 170 Å². The summed E-state index contributed by atoms with van der Waals surface area (Å²) in [6.07, 6.45) is 2.08. The van der Waals surface area contributed by atoms with Crippen LogP contribution in [0, 0.1) is 17.1 Å². The van der Waals surface area contributed by atoms with Gasteiger partial charge in [-0.15, -0.1) is 0 Å². The van der Waals surface area contributed by atoms with Gasteiger partial charge in [0, 0.05) is 37.3 Å². The molecule has 1 N–H and O–H groups in total. The number of anilines is 1. The molecule has 0 aliphatic carbocycles. The average molecular weight is 411 g/mol. The van der Waals surface area contributed by atoms with Crippen molar-refractivity contribution in [3.63, 3.8) is 0 Å². The number of furan rings is 1. The van der Waals surface area contributed by atoms with Crippen LogP contribution in [-0.2, 0) is 17.8 Å². The monoisotopic (exact) mass is 411 g/mol. The van der Waals surface area contributed by atoms with Crippen molar-refractivity contribution >= 4 is 33.9 Å². The van der Waals surface area contributed by atoms with Gasteiger partial charge in [-0.2, -0.15) is 9.98 Å². The summed E-state index contributed by atoms with van der Waals surface area (Å²) in [4.78, 5) is 14.9. The van der Waals surface area contributed by atoms with Crippen molar-refractivity contribution < 1.29 is 18.2 Å². The first-order chi connectivity index (χ1) is 14.0. The Bertz CT molecular complexity index is 1090. The molecule has 1 amide bonds. The van der Waals surface area contributed by atoms with Crippen LogP contribution in [0.4, 0.5) is 10.1 Å². The van der Waals surface area contributed by atoms with Gasteiger partial charge < -0.3 is 13.9 Å². The first-order valence-electron chi connectivity index (χ1n) is 9.22. The van der Waals surface area contributed by atoms with Crippen LogP contribution in [-0.4, -0.2) is 23.5 Å². The van der Waals surface area contributed by atoms with Crippen LogP contribution in [0.25, 0.3) is 11.0 Å². The molecule has 29 heavy (non-hydrogen) atoms. The van der Waals surface area contributed by atoms with Crippen molar-refractivity contribution in [3.8, 4) is 6.07 Å². The topological polar surface area (TPSA) is 92.3 Å². The zero-order valence-corrected chi connectivity index (χ0v) is 16.3. The summed E-state index contributed by atoms with van der Waals surface area (Å²) in [5.74, 6) is -1.24. The van der Waals surface area contributed by atoms with Gasteiger partial charge in [-0.1, -0.05) is 12.1 Å². The highest BCUT2D eigenvalue weighted by molar-refractivity contribution is 7.90. The zero-order valence-electron chi connectivity index (χ0n) is 15.5. The number of carbonyl (C=O) groups is 1. The van der Waals surface area contributed by atoms with Gasteiger partial charge in [0.05, 0.1) is 11.5 Å². The third kappa shape index (κ3) is 4.06. The van der Waals surface area contributed by atoms with Crippen LogP contribution in [0.2, 0.25) is 0 Å². The predicted octanol–water partition coefficient (Wildman–Crippen LogP) is 3.69. The summed E-state index contributed by atoms with van der Waals surface area (Å²) in [6.45, 7) is 1.74. The molecule has 0 spiro atoms. The normalized spacial score (nSPS) is 14.3. The lowest BCUT2D eigenvalue weighted by atomic mass is 10.1. The minimum Gasteiger partial charge on any atom is -0.588 e. The Morgan fingerprint density at radius 3 is 2.69 bits per heavy atom. The van der Waals surface area contributed by atoms with Crippen molar-refractivity contribution in [1.82, 2.24) is 4.72 Å². The quantitative estimate of drug-likeness (QED) is 0.625. The summed E-state index contributed by atoms with van der Waals surface area (Å²) in [7, 11) is 0. The number of amides is 1. The smallest absolute Gasteiger partial charge is 0.328 e. The molecule has 0 bridgehead atoms. The summed E-state index contributed by atoms with van der Waals surface area (Å²) < 4.78 is 34.7. The van der Waals surface area contributed by atoms with Crippen molar-refractivity contribution in [1.29, 1.82) is 5.26 Å². The van der Waals surface area contributed by atoms with Gasteiger partial charge in [-0.25, -0.2) is 4.39 Å². The van der Waals surface area contributed by atoms with E-state index < -0.39 is 23.1 Å². The summed E-state index contributed by atoms with van der Waals surface area (Å²) in [5.41, 5.74) is 1.96. The number of carbonyl (C=O) groups excluding carboxylic acids is 1. The van der Waals surface area contributed by atoms with Crippen molar-refractivity contribution in [3.05, 3.63) is 59.6 Å². The lowest BCUT2D eigenvalue weighted by Gasteiger charge is -2.33. The minimum absolute atomic E-state index is 0.0985. The van der Waals surface area contributed by atoms with Crippen LogP contribution >= 0.6 is 0 Å². The molecule has 1 atom stereocenters. The van der Waals surface area contributed by atoms with E-state index in [1.165, 1.54) is 12.1 Å². The molecule has 3 aromatic rings. The standard InChI is InChI=1S/C21H18FN3O3S/c22-18-11-15(25-9-2-10-25)12-19-17(18)13-20(28-19)21(26)24-29(27)16-6-4-14(5-7-16)3-1-8-23/h4-7,11-13H,1-3,9-10H2,(H,24,26). The number of halogens is 1. The van der Waals surface area contributed by atoms with E-state index >= 15 is 0 Å². The average Bonchev–Trinajstić information content (AvgIpc) is 3.10. The number of fused-ring (bicyclic) bond motifs is 1. The maximum Gasteiger partial charge on any atom is 0.328 e. The first kappa shape index (κ1) is 19.3. The highest BCUT2D eigenvalue weighted by atomic mass is 32.2. The van der Waals surface area contributed by atoms with E-state index in [2.05, 4.69) is 10.8 Å². The Hall–Kier alpha value is -3.02. The molecule has 1 saturated heterocycles. The van der Waals surface area contributed by atoms with Crippen molar-refractivity contribution in [2.45, 2.75) is 24.2 Å². The zero-order chi connectivity index (χ0) is 20.4. The number of nitrogens with zero attached hydrogens (tertiary/aromatic N) is 2. The van der Waals surface area contributed by atoms with Crippen molar-refractivity contribution in [2.24, 2.45) is 0 Å². The van der Waals surface area contributed by atoms with E-state index in [1.807, 2.05) is 4.90 Å². The maximum atomic E-state index is 14.4. The number of nitriles is 1. The molecule has 1 unspecified atom stereocenters. The molecule has 2 aromatic carbocycles. The lowest BCUT2D eigenvalue weighted by Crippen LogP contribution is -2.36. The molecule has 4 rings (SSSR count). The van der Waals surface area contributed by atoms with E-state index in [0.717, 1.165) is 30.8 Å². The van der Waals surface area contributed by atoms with E-state index in [1.54, 1.807) is 30.3 Å². The number of hydrogen-bond acceptors (Lipinski definition) is 5. The summed E-state index contributed by atoms with van der Waals surface area (Å²) in [6, 6.07) is 13.4. The van der Waals surface area contributed by atoms with Gasteiger partial charge >= 0.3 is 5.91 Å². The molecule has 8 heteroatoms. The fraction of sp³-hybridized carbons (Fsp3) is 0.238. The van der Waals surface area contributed by atoms with Crippen LogP contribution in [0.15, 0.2) is 51.8 Å². The molecule has 0 radical (unpaired) electrons. The highest BCUT2D eigenvalue weighted by Gasteiger charge is 2.23. The second-order valence-electron chi connectivity index (χ2n) is 6.79. The lowest BCUT2D eigenvalue weighted by molar-refractivity contribution is 0.0956. The fourth-order valence-electron chi connectivity index (χ4n) is 3.12. The minimum atomic E-state index is -1.79. The summed E-state index contributed by atoms with van der Waals surface area (Å²) >= 11 is -1.79. The summed E-state index contributed by atoms with van der Waals surface area (Å²) in [5, 5.41) is 8.84. The Kier molecular flexibility index (Phi) is 5.43. The van der Waals surface area contributed by atoms with E-state index in [4.69, 9.17) is 9.68 Å². The molecule has 1 aliphatic heterocycles. The molecule has 1 aliphatic rings. The Balaban J connectivity index is 1.48. The predicted molar refractivity (Wildman–Crippen MR) is 107 cm³/mol. The van der Waals surface area contributed by atoms with E-state index in [9.17, 15) is 13.7 Å². The molecular weight excluding hydrogens is 393 g/mol. The van der Waals surface area contributed by atoms with E-state index in [0.29, 0.717) is 17.7 Å². The highest BCUT2D eigenvalue weighted by Crippen LogP contribution is 2.30. The number of aryl methyl sites for hydroxylation is 1. The number of hydrogen-bond donors (Lipinski definition) is 1. The van der Waals surface area contributed by atoms with Crippen LogP contribution in [0.1, 0.15) is 29.0 Å². The molecule has 0 saturated carbocycles. The van der Waals surface area contributed by atoms with Gasteiger partial charge in [0.25, 0.3) is 0 Å². The van der Waals surface area contributed by atoms with Gasteiger partial charge in [-0.3, -0.25) is 4.79 Å². The van der Waals surface area contributed by atoms with Crippen molar-refractivity contribution in [2.75, 3.05) is 18.0 Å². The maximum absolute atomic E-state index is 14.4. The Morgan fingerprint density at radius 2 is 2.03 bits per heavy atom.